The molecule has 0 aromatic heterocycles. The van der Waals surface area contributed by atoms with E-state index in [0.717, 1.165) is 6.92 Å². The molecule has 4 heterocycles. The molecule has 20 atom stereocenters. The summed E-state index contributed by atoms with van der Waals surface area (Å²) in [6.07, 6.45) is -32.1. The monoisotopic (exact) mass is 821 g/mol. The van der Waals surface area contributed by atoms with Crippen LogP contribution in [0.4, 0.5) is 0 Å². The Bertz CT molecular complexity index is 1230. The van der Waals surface area contributed by atoms with Crippen molar-refractivity contribution in [3.63, 3.8) is 0 Å². The third kappa shape index (κ3) is 11.0. The Hall–Kier alpha value is -1.93. The number of nitrogens with one attached hydrogen (secondary N) is 1. The SMILES string of the molecule is CC(=O)NC1C(O)[C@@H](O)C(CO)O[C@H]1OC1C(O)[C@@H](O[C@H]2C(CO)O[C@@H](O[C@@H]3C(C[N+](=O)[O-])O[C@@H](OCCCCCN)C(O)C3O)C(O)C2O)OC(CO)[C@@H]1O. The second-order valence-corrected chi connectivity index (χ2v) is 13.9. The van der Waals surface area contributed by atoms with Gasteiger partial charge in [0, 0.05) is 18.5 Å². The third-order valence-corrected chi connectivity index (χ3v) is 9.87. The number of nitrogens with two attached hydrogens (primary N) is 1. The Morgan fingerprint density at radius 2 is 1.12 bits per heavy atom. The van der Waals surface area contributed by atoms with Crippen LogP contribution >= 0.6 is 0 Å². The first-order chi connectivity index (χ1) is 26.6. The molecule has 4 saturated heterocycles. The lowest BCUT2D eigenvalue weighted by Gasteiger charge is -2.49. The molecule has 1 amide bonds. The number of aliphatic hydroxyl groups is 11. The number of nitro groups is 1. The number of amides is 1. The smallest absolute Gasteiger partial charge is 0.232 e. The van der Waals surface area contributed by atoms with Crippen LogP contribution in [-0.2, 0) is 42.7 Å². The zero-order valence-corrected chi connectivity index (χ0v) is 30.3. The lowest BCUT2D eigenvalue weighted by molar-refractivity contribution is -0.505. The number of hydrogen-bond acceptors (Lipinski definition) is 23. The van der Waals surface area contributed by atoms with Crippen LogP contribution in [0.3, 0.4) is 0 Å². The fourth-order valence-electron chi connectivity index (χ4n) is 6.84. The van der Waals surface area contributed by atoms with Gasteiger partial charge in [-0.05, 0) is 25.8 Å². The second kappa shape index (κ2) is 21.4. The summed E-state index contributed by atoms with van der Waals surface area (Å²) < 4.78 is 44.8. The predicted molar refractivity (Wildman–Crippen MR) is 177 cm³/mol. The van der Waals surface area contributed by atoms with Gasteiger partial charge >= 0.3 is 0 Å². The molecule has 0 aliphatic carbocycles. The summed E-state index contributed by atoms with van der Waals surface area (Å²) in [5.41, 5.74) is 5.47. The minimum atomic E-state index is -2.11. The maximum Gasteiger partial charge on any atom is 0.232 e. The minimum absolute atomic E-state index is 0.0645. The normalized spacial score (nSPS) is 44.7. The molecule has 4 rings (SSSR count). The number of nitrogens with zero attached hydrogens (tertiary/aromatic N) is 1. The summed E-state index contributed by atoms with van der Waals surface area (Å²) >= 11 is 0. The molecule has 0 aromatic carbocycles. The van der Waals surface area contributed by atoms with Gasteiger partial charge in [-0.25, -0.2) is 0 Å². The van der Waals surface area contributed by atoms with E-state index in [1.807, 2.05) is 0 Å². The van der Waals surface area contributed by atoms with Crippen molar-refractivity contribution in [2.45, 2.75) is 149 Å². The maximum atomic E-state index is 11.9. The van der Waals surface area contributed by atoms with Crippen molar-refractivity contribution < 1.29 is 104 Å². The topological polar surface area (TPSA) is 395 Å². The standard InChI is InChI=1S/C31H55N3O22/c1-11(38)33-16-19(41)17(39)13(8-35)51-28(16)56-27-18(40)14(9-36)52-31(24(27)46)55-26-15(10-37)53-30(23(45)21(26)43)54-25-12(7-34(47)48)50-29(22(44)20(25)42)49-6-4-2-3-5-32/h12-31,35-37,39-46H,2-10,32H2,1H3,(H,33,38)/t12?,13?,14?,15?,16?,17-,18-,19?,20?,21?,22?,23?,24?,25+,26-,27?,28-,29+,30-,31+/m0/s1. The van der Waals surface area contributed by atoms with E-state index in [1.165, 1.54) is 0 Å². The van der Waals surface area contributed by atoms with E-state index in [4.69, 9.17) is 43.6 Å². The van der Waals surface area contributed by atoms with E-state index < -0.39 is 160 Å². The number of unbranched alkanes of at least 4 members (excludes halogenated alkanes) is 2. The van der Waals surface area contributed by atoms with Crippen LogP contribution in [-0.4, -0.2) is 229 Å². The summed E-state index contributed by atoms with van der Waals surface area (Å²) in [6.45, 7) is -2.07. The van der Waals surface area contributed by atoms with Crippen molar-refractivity contribution in [2.75, 3.05) is 39.5 Å². The number of aliphatic hydroxyl groups excluding tert-OH is 11. The minimum Gasteiger partial charge on any atom is -0.394 e. The van der Waals surface area contributed by atoms with E-state index in [0.29, 0.717) is 25.8 Å². The maximum absolute atomic E-state index is 11.9. The van der Waals surface area contributed by atoms with Gasteiger partial charge in [0.2, 0.25) is 12.5 Å². The van der Waals surface area contributed by atoms with Gasteiger partial charge in [-0.2, -0.15) is 0 Å². The van der Waals surface area contributed by atoms with E-state index in [1.54, 1.807) is 0 Å². The molecule has 25 heteroatoms. The number of hydrogen-bond donors (Lipinski definition) is 13. The molecule has 0 bridgehead atoms. The summed E-state index contributed by atoms with van der Waals surface area (Å²) in [6, 6.07) is -1.51. The average Bonchev–Trinajstić information content (AvgIpc) is 3.16. The van der Waals surface area contributed by atoms with Crippen molar-refractivity contribution in [1.29, 1.82) is 0 Å². The Morgan fingerprint density at radius 1 is 0.625 bits per heavy atom. The predicted octanol–water partition coefficient (Wildman–Crippen LogP) is -8.17. The van der Waals surface area contributed by atoms with Gasteiger partial charge < -0.3 is 105 Å². The van der Waals surface area contributed by atoms with Crippen molar-refractivity contribution in [3.8, 4) is 0 Å². The molecule has 0 aromatic rings. The Labute approximate surface area is 319 Å². The average molecular weight is 822 g/mol. The molecule has 0 spiro atoms. The largest absolute Gasteiger partial charge is 0.394 e. The van der Waals surface area contributed by atoms with Crippen LogP contribution in [0.25, 0.3) is 0 Å². The van der Waals surface area contributed by atoms with E-state index >= 15 is 0 Å². The molecule has 0 radical (unpaired) electrons. The quantitative estimate of drug-likeness (QED) is 0.0347. The summed E-state index contributed by atoms with van der Waals surface area (Å²) in [7, 11) is 0. The molecular weight excluding hydrogens is 766 g/mol. The number of carbonyl (C=O) groups is 1. The summed E-state index contributed by atoms with van der Waals surface area (Å²) in [5, 5.41) is 131. The molecule has 4 fully saturated rings. The fourth-order valence-corrected chi connectivity index (χ4v) is 6.84. The van der Waals surface area contributed by atoms with Gasteiger partial charge in [-0.15, -0.1) is 0 Å². The Morgan fingerprint density at radius 3 is 1.70 bits per heavy atom. The molecule has 4 aliphatic heterocycles. The molecule has 326 valence electrons. The number of ether oxygens (including phenoxy) is 8. The summed E-state index contributed by atoms with van der Waals surface area (Å²) in [5.74, 6) is -0.705. The molecule has 56 heavy (non-hydrogen) atoms. The summed E-state index contributed by atoms with van der Waals surface area (Å²) in [4.78, 5) is 22.6. The number of carbonyl (C=O) groups excluding carboxylic acids is 1. The van der Waals surface area contributed by atoms with Crippen molar-refractivity contribution in [3.05, 3.63) is 10.1 Å². The zero-order chi connectivity index (χ0) is 41.4. The molecule has 12 unspecified atom stereocenters. The molecule has 14 N–H and O–H groups in total. The second-order valence-electron chi connectivity index (χ2n) is 13.9. The highest BCUT2D eigenvalue weighted by Gasteiger charge is 2.56. The van der Waals surface area contributed by atoms with Crippen LogP contribution in [0, 0.1) is 10.1 Å². The highest BCUT2D eigenvalue weighted by molar-refractivity contribution is 5.73. The van der Waals surface area contributed by atoms with Crippen LogP contribution in [0.15, 0.2) is 0 Å². The Balaban J connectivity index is 1.48. The lowest BCUT2D eigenvalue weighted by atomic mass is 9.95. The van der Waals surface area contributed by atoms with Gasteiger partial charge in [0.25, 0.3) is 0 Å². The van der Waals surface area contributed by atoms with E-state index in [9.17, 15) is 71.1 Å². The van der Waals surface area contributed by atoms with Gasteiger partial charge in [0.1, 0.15) is 91.5 Å². The highest BCUT2D eigenvalue weighted by Crippen LogP contribution is 2.34. The first kappa shape index (κ1) is 46.8. The third-order valence-electron chi connectivity index (χ3n) is 9.87. The Kier molecular flexibility index (Phi) is 17.8. The van der Waals surface area contributed by atoms with E-state index in [2.05, 4.69) is 5.32 Å². The van der Waals surface area contributed by atoms with Crippen molar-refractivity contribution in [1.82, 2.24) is 5.32 Å². The van der Waals surface area contributed by atoms with Crippen molar-refractivity contribution in [2.24, 2.45) is 5.73 Å². The highest BCUT2D eigenvalue weighted by atomic mass is 16.8. The van der Waals surface area contributed by atoms with Gasteiger partial charge in [0.05, 0.1) is 19.8 Å². The molecule has 0 saturated carbocycles. The molecule has 25 nitrogen and oxygen atoms in total. The number of rotatable bonds is 18. The van der Waals surface area contributed by atoms with Crippen LogP contribution in [0.5, 0.6) is 0 Å². The zero-order valence-electron chi connectivity index (χ0n) is 30.3. The van der Waals surface area contributed by atoms with E-state index in [-0.39, 0.29) is 6.61 Å². The van der Waals surface area contributed by atoms with Gasteiger partial charge in [-0.1, -0.05) is 0 Å². The van der Waals surface area contributed by atoms with Crippen LogP contribution in [0.1, 0.15) is 26.2 Å². The first-order valence-corrected chi connectivity index (χ1v) is 18.1. The fraction of sp³-hybridized carbons (Fsp3) is 0.968. The van der Waals surface area contributed by atoms with Crippen LogP contribution < -0.4 is 11.1 Å². The van der Waals surface area contributed by atoms with Crippen LogP contribution in [0.2, 0.25) is 0 Å². The lowest BCUT2D eigenvalue weighted by Crippen LogP contribution is -2.69. The first-order valence-electron chi connectivity index (χ1n) is 18.1. The van der Waals surface area contributed by atoms with Gasteiger partial charge in [-0.3, -0.25) is 14.9 Å². The molecular formula is C31H55N3O22. The van der Waals surface area contributed by atoms with Gasteiger partial charge in [0.15, 0.2) is 31.3 Å². The van der Waals surface area contributed by atoms with Crippen molar-refractivity contribution >= 4 is 5.91 Å². The molecule has 4 aliphatic rings.